The first-order valence-corrected chi connectivity index (χ1v) is 7.06. The number of rotatable bonds is 3. The van der Waals surface area contributed by atoms with Gasteiger partial charge < -0.3 is 5.11 Å². The first-order chi connectivity index (χ1) is 7.20. The zero-order valence-corrected chi connectivity index (χ0v) is 10.7. The van der Waals surface area contributed by atoms with Crippen LogP contribution in [0.2, 0.25) is 0 Å². The number of nitro groups is 1. The van der Waals surface area contributed by atoms with Crippen molar-refractivity contribution in [3.63, 3.8) is 0 Å². The van der Waals surface area contributed by atoms with Crippen molar-refractivity contribution < 1.29 is 18.4 Å². The van der Waals surface area contributed by atoms with Crippen molar-refractivity contribution in [1.29, 1.82) is 0 Å². The minimum absolute atomic E-state index is 0.0389. The largest absolute Gasteiger partial charge is 0.501 e. The first-order valence-electron chi connectivity index (χ1n) is 3.79. The number of aromatic hydroxyl groups is 1. The van der Waals surface area contributed by atoms with Crippen molar-refractivity contribution in [2.45, 2.75) is 5.75 Å². The highest BCUT2D eigenvalue weighted by molar-refractivity contribution is 9.10. The number of halogens is 2. The van der Waals surface area contributed by atoms with Crippen LogP contribution in [0.15, 0.2) is 16.6 Å². The number of hydrogen-bond donors (Lipinski definition) is 1. The molecule has 0 spiro atoms. The van der Waals surface area contributed by atoms with Gasteiger partial charge in [0.2, 0.25) is 14.8 Å². The third-order valence-electron chi connectivity index (χ3n) is 1.64. The number of nitro benzene ring substituents is 1. The molecule has 0 bridgehead atoms. The highest BCUT2D eigenvalue weighted by Crippen LogP contribution is 2.35. The average molecular weight is 331 g/mol. The number of benzene rings is 1. The second-order valence-electron chi connectivity index (χ2n) is 2.89. The van der Waals surface area contributed by atoms with Crippen LogP contribution in [0.25, 0.3) is 0 Å². The highest BCUT2D eigenvalue weighted by Gasteiger charge is 2.19. The van der Waals surface area contributed by atoms with Gasteiger partial charge in [-0.25, -0.2) is 8.42 Å². The molecule has 0 aliphatic heterocycles. The Hall–Kier alpha value is -0.860. The Bertz CT molecular complexity index is 544. The van der Waals surface area contributed by atoms with Crippen LogP contribution in [-0.2, 0) is 14.8 Å². The molecule has 0 saturated heterocycles. The minimum atomic E-state index is -3.80. The normalized spacial score (nSPS) is 11.4. The summed E-state index contributed by atoms with van der Waals surface area (Å²) in [6.07, 6.45) is 0. The molecule has 0 heterocycles. The number of phenolic OH excluding ortho intramolecular Hbond substituents is 1. The molecule has 6 nitrogen and oxygen atoms in total. The summed E-state index contributed by atoms with van der Waals surface area (Å²) >= 11 is 2.88. The van der Waals surface area contributed by atoms with E-state index in [1.54, 1.807) is 0 Å². The van der Waals surface area contributed by atoms with Crippen LogP contribution in [-0.4, -0.2) is 18.4 Å². The number of nitrogens with zero attached hydrogens (tertiary/aromatic N) is 1. The highest BCUT2D eigenvalue weighted by atomic mass is 79.9. The lowest BCUT2D eigenvalue weighted by atomic mass is 10.2. The molecule has 16 heavy (non-hydrogen) atoms. The van der Waals surface area contributed by atoms with Crippen LogP contribution in [0.3, 0.4) is 0 Å². The Morgan fingerprint density at radius 2 is 2.06 bits per heavy atom. The SMILES string of the molecule is O=[N+]([O-])c1cc(CS(=O)(=O)Cl)cc(Br)c1O. The quantitative estimate of drug-likeness (QED) is 0.520. The molecule has 0 saturated carbocycles. The maximum absolute atomic E-state index is 10.8. The second kappa shape index (κ2) is 4.56. The Morgan fingerprint density at radius 1 is 1.50 bits per heavy atom. The second-order valence-corrected chi connectivity index (χ2v) is 6.52. The Labute approximate surface area is 104 Å². The maximum Gasteiger partial charge on any atom is 0.312 e. The lowest BCUT2D eigenvalue weighted by Gasteiger charge is -2.02. The summed E-state index contributed by atoms with van der Waals surface area (Å²) < 4.78 is 21.6. The fourth-order valence-corrected chi connectivity index (χ4v) is 2.50. The molecule has 9 heteroatoms. The van der Waals surface area contributed by atoms with Crippen LogP contribution in [0, 0.1) is 10.1 Å². The topological polar surface area (TPSA) is 97.5 Å². The maximum atomic E-state index is 10.8. The molecular formula is C7H5BrClNO5S. The standard InChI is InChI=1S/C7H5BrClNO5S/c8-5-1-4(3-16(9,14)15)2-6(7(5)11)10(12)13/h1-2,11H,3H2. The molecular weight excluding hydrogens is 326 g/mol. The molecule has 0 aliphatic carbocycles. The third-order valence-corrected chi connectivity index (χ3v) is 3.25. The summed E-state index contributed by atoms with van der Waals surface area (Å²) in [5.74, 6) is -1.10. The van der Waals surface area contributed by atoms with E-state index in [2.05, 4.69) is 15.9 Å². The van der Waals surface area contributed by atoms with Crippen molar-refractivity contribution in [3.8, 4) is 5.75 Å². The summed E-state index contributed by atoms with van der Waals surface area (Å²) in [5.41, 5.74) is -0.462. The smallest absolute Gasteiger partial charge is 0.312 e. The zero-order chi connectivity index (χ0) is 12.5. The van der Waals surface area contributed by atoms with Crippen LogP contribution < -0.4 is 0 Å². The van der Waals surface area contributed by atoms with Crippen LogP contribution >= 0.6 is 26.6 Å². The van der Waals surface area contributed by atoms with Gasteiger partial charge in [0, 0.05) is 16.7 Å². The summed E-state index contributed by atoms with van der Waals surface area (Å²) in [7, 11) is 1.21. The predicted molar refractivity (Wildman–Crippen MR) is 60.9 cm³/mol. The van der Waals surface area contributed by atoms with Gasteiger partial charge in [0.25, 0.3) is 0 Å². The van der Waals surface area contributed by atoms with Gasteiger partial charge in [-0.2, -0.15) is 0 Å². The van der Waals surface area contributed by atoms with Crippen molar-refractivity contribution in [2.24, 2.45) is 0 Å². The van der Waals surface area contributed by atoms with E-state index in [0.717, 1.165) is 6.07 Å². The Morgan fingerprint density at radius 3 is 2.50 bits per heavy atom. The van der Waals surface area contributed by atoms with E-state index in [0.29, 0.717) is 0 Å². The van der Waals surface area contributed by atoms with E-state index in [1.807, 2.05) is 0 Å². The van der Waals surface area contributed by atoms with Gasteiger partial charge in [-0.15, -0.1) is 0 Å². The molecule has 0 unspecified atom stereocenters. The van der Waals surface area contributed by atoms with E-state index in [-0.39, 0.29) is 10.0 Å². The molecule has 1 aromatic carbocycles. The zero-order valence-electron chi connectivity index (χ0n) is 7.55. The van der Waals surface area contributed by atoms with E-state index < -0.39 is 31.2 Å². The van der Waals surface area contributed by atoms with E-state index in [1.165, 1.54) is 6.07 Å². The fourth-order valence-electron chi connectivity index (χ4n) is 1.06. The number of hydrogen-bond acceptors (Lipinski definition) is 5. The molecule has 1 aromatic rings. The van der Waals surface area contributed by atoms with E-state index in [4.69, 9.17) is 10.7 Å². The molecule has 0 atom stereocenters. The van der Waals surface area contributed by atoms with Gasteiger partial charge in [0.05, 0.1) is 15.1 Å². The monoisotopic (exact) mass is 329 g/mol. The lowest BCUT2D eigenvalue weighted by Crippen LogP contribution is -1.97. The Balaban J connectivity index is 3.30. The number of phenols is 1. The van der Waals surface area contributed by atoms with E-state index in [9.17, 15) is 23.6 Å². The van der Waals surface area contributed by atoms with Crippen LogP contribution in [0.5, 0.6) is 5.75 Å². The van der Waals surface area contributed by atoms with Crippen molar-refractivity contribution >= 4 is 41.4 Å². The molecule has 1 rings (SSSR count). The molecule has 0 aromatic heterocycles. The van der Waals surface area contributed by atoms with Gasteiger partial charge in [0.1, 0.15) is 0 Å². The fraction of sp³-hybridized carbons (Fsp3) is 0.143. The Kier molecular flexibility index (Phi) is 3.76. The minimum Gasteiger partial charge on any atom is -0.501 e. The van der Waals surface area contributed by atoms with Crippen molar-refractivity contribution in [3.05, 3.63) is 32.3 Å². The van der Waals surface area contributed by atoms with Crippen LogP contribution in [0.1, 0.15) is 5.56 Å². The predicted octanol–water partition coefficient (Wildman–Crippen LogP) is 2.13. The van der Waals surface area contributed by atoms with Gasteiger partial charge in [-0.3, -0.25) is 10.1 Å². The average Bonchev–Trinajstić information content (AvgIpc) is 2.07. The summed E-state index contributed by atoms with van der Waals surface area (Å²) in [4.78, 5) is 9.72. The summed E-state index contributed by atoms with van der Waals surface area (Å²) in [6, 6.07) is 2.21. The van der Waals surface area contributed by atoms with Gasteiger partial charge in [-0.05, 0) is 27.6 Å². The molecule has 88 valence electrons. The van der Waals surface area contributed by atoms with Crippen molar-refractivity contribution in [1.82, 2.24) is 0 Å². The molecule has 0 aliphatic rings. The van der Waals surface area contributed by atoms with Crippen molar-refractivity contribution in [2.75, 3.05) is 0 Å². The molecule has 0 fully saturated rings. The molecule has 0 amide bonds. The van der Waals surface area contributed by atoms with Gasteiger partial charge >= 0.3 is 5.69 Å². The first kappa shape index (κ1) is 13.2. The molecule has 0 radical (unpaired) electrons. The van der Waals surface area contributed by atoms with Gasteiger partial charge in [-0.1, -0.05) is 0 Å². The third kappa shape index (κ3) is 3.32. The summed E-state index contributed by atoms with van der Waals surface area (Å²) in [6.45, 7) is 0. The summed E-state index contributed by atoms with van der Waals surface area (Å²) in [5, 5.41) is 19.9. The van der Waals surface area contributed by atoms with Gasteiger partial charge in [0.15, 0.2) is 0 Å². The molecule has 1 N–H and O–H groups in total. The van der Waals surface area contributed by atoms with E-state index >= 15 is 0 Å². The lowest BCUT2D eigenvalue weighted by molar-refractivity contribution is -0.386. The van der Waals surface area contributed by atoms with Crippen LogP contribution in [0.4, 0.5) is 5.69 Å².